The molecule has 4 rings (SSSR count). The van der Waals surface area contributed by atoms with E-state index < -0.39 is 5.60 Å². The van der Waals surface area contributed by atoms with Gasteiger partial charge < -0.3 is 14.0 Å². The minimum absolute atomic E-state index is 0.419. The predicted molar refractivity (Wildman–Crippen MR) is 75.9 cm³/mol. The maximum Gasteiger partial charge on any atom is 0.229 e. The molecule has 1 aliphatic heterocycles. The molecule has 1 saturated heterocycles. The van der Waals surface area contributed by atoms with Crippen molar-refractivity contribution < 1.29 is 14.0 Å². The minimum Gasteiger partial charge on any atom is -0.451 e. The van der Waals surface area contributed by atoms with Crippen molar-refractivity contribution in [1.29, 1.82) is 0 Å². The molecular weight excluding hydrogens is 284 g/mol. The summed E-state index contributed by atoms with van der Waals surface area (Å²) >= 11 is 0. The van der Waals surface area contributed by atoms with Crippen molar-refractivity contribution in [3.8, 4) is 0 Å². The van der Waals surface area contributed by atoms with Crippen LogP contribution >= 0.6 is 0 Å². The standard InChI is InChI=1S/C15H20N4O3/c20-15(6-13-17-14(18-22-13)11-2-3-11)4-1-5-19(9-15)7-12-8-21-10-16-12/h8,10-11,20H,1-7,9H2. The van der Waals surface area contributed by atoms with Gasteiger partial charge >= 0.3 is 0 Å². The van der Waals surface area contributed by atoms with Gasteiger partial charge in [-0.15, -0.1) is 0 Å². The van der Waals surface area contributed by atoms with E-state index in [1.165, 1.54) is 6.39 Å². The van der Waals surface area contributed by atoms with Gasteiger partial charge in [0.1, 0.15) is 6.26 Å². The highest BCUT2D eigenvalue weighted by Crippen LogP contribution is 2.38. The summed E-state index contributed by atoms with van der Waals surface area (Å²) in [6.45, 7) is 2.23. The van der Waals surface area contributed by atoms with Gasteiger partial charge in [0.25, 0.3) is 0 Å². The number of oxazole rings is 1. The topological polar surface area (TPSA) is 88.4 Å². The summed E-state index contributed by atoms with van der Waals surface area (Å²) in [7, 11) is 0. The predicted octanol–water partition coefficient (Wildman–Crippen LogP) is 1.50. The Morgan fingerprint density at radius 2 is 2.32 bits per heavy atom. The molecule has 0 aromatic carbocycles. The highest BCUT2D eigenvalue weighted by molar-refractivity contribution is 5.05. The van der Waals surface area contributed by atoms with E-state index in [-0.39, 0.29) is 0 Å². The molecule has 3 heterocycles. The molecule has 2 aliphatic rings. The second-order valence-corrected chi connectivity index (χ2v) is 6.52. The first-order valence-corrected chi connectivity index (χ1v) is 7.84. The van der Waals surface area contributed by atoms with Crippen LogP contribution in [-0.4, -0.2) is 43.8 Å². The van der Waals surface area contributed by atoms with Crippen molar-refractivity contribution in [2.75, 3.05) is 13.1 Å². The second-order valence-electron chi connectivity index (χ2n) is 6.52. The molecule has 1 aliphatic carbocycles. The van der Waals surface area contributed by atoms with Crippen LogP contribution in [0.1, 0.15) is 49.0 Å². The van der Waals surface area contributed by atoms with Crippen LogP contribution in [0.5, 0.6) is 0 Å². The molecule has 1 unspecified atom stereocenters. The van der Waals surface area contributed by atoms with Crippen molar-refractivity contribution in [2.45, 2.75) is 50.2 Å². The molecule has 0 radical (unpaired) electrons. The van der Waals surface area contributed by atoms with Crippen LogP contribution in [0.25, 0.3) is 0 Å². The highest BCUT2D eigenvalue weighted by Gasteiger charge is 2.36. The number of rotatable bonds is 5. The van der Waals surface area contributed by atoms with Crippen LogP contribution in [-0.2, 0) is 13.0 Å². The van der Waals surface area contributed by atoms with Crippen molar-refractivity contribution in [3.05, 3.63) is 30.1 Å². The molecule has 0 spiro atoms. The number of hydrogen-bond acceptors (Lipinski definition) is 7. The van der Waals surface area contributed by atoms with Gasteiger partial charge in [-0.25, -0.2) is 4.98 Å². The first kappa shape index (κ1) is 13.9. The molecule has 0 amide bonds. The molecular formula is C15H20N4O3. The zero-order valence-corrected chi connectivity index (χ0v) is 12.4. The monoisotopic (exact) mass is 304 g/mol. The fourth-order valence-corrected chi connectivity index (χ4v) is 3.16. The van der Waals surface area contributed by atoms with Crippen LogP contribution in [0.2, 0.25) is 0 Å². The van der Waals surface area contributed by atoms with Crippen molar-refractivity contribution in [3.63, 3.8) is 0 Å². The molecule has 2 aromatic rings. The van der Waals surface area contributed by atoms with Gasteiger partial charge in [0.05, 0.1) is 17.7 Å². The average Bonchev–Trinajstić information content (AvgIpc) is 3.02. The Bertz CT molecular complexity index is 623. The molecule has 2 fully saturated rings. The van der Waals surface area contributed by atoms with Gasteiger partial charge in [-0.1, -0.05) is 5.16 Å². The smallest absolute Gasteiger partial charge is 0.229 e. The van der Waals surface area contributed by atoms with Gasteiger partial charge in [-0.05, 0) is 32.2 Å². The fourth-order valence-electron chi connectivity index (χ4n) is 3.16. The third kappa shape index (κ3) is 3.05. The maximum absolute atomic E-state index is 10.9. The van der Waals surface area contributed by atoms with Gasteiger partial charge in [-0.2, -0.15) is 4.98 Å². The normalized spacial score (nSPS) is 26.4. The molecule has 2 aromatic heterocycles. The number of piperidine rings is 1. The van der Waals surface area contributed by atoms with E-state index in [2.05, 4.69) is 20.0 Å². The maximum atomic E-state index is 10.9. The zero-order valence-electron chi connectivity index (χ0n) is 12.4. The van der Waals surface area contributed by atoms with E-state index in [0.717, 1.165) is 43.7 Å². The summed E-state index contributed by atoms with van der Waals surface area (Å²) < 4.78 is 10.3. The van der Waals surface area contributed by atoms with Crippen LogP contribution in [0.4, 0.5) is 0 Å². The number of likely N-dealkylation sites (tertiary alicyclic amines) is 1. The lowest BCUT2D eigenvalue weighted by molar-refractivity contribution is -0.0376. The van der Waals surface area contributed by atoms with Crippen molar-refractivity contribution in [2.24, 2.45) is 0 Å². The largest absolute Gasteiger partial charge is 0.451 e. The summed E-state index contributed by atoms with van der Waals surface area (Å²) in [5.74, 6) is 1.82. The van der Waals surface area contributed by atoms with Gasteiger partial charge in [0.2, 0.25) is 5.89 Å². The molecule has 7 nitrogen and oxygen atoms in total. The van der Waals surface area contributed by atoms with E-state index in [0.29, 0.717) is 31.3 Å². The summed E-state index contributed by atoms with van der Waals surface area (Å²) in [6.07, 6.45) is 7.49. The Kier molecular flexibility index (Phi) is 3.46. The number of aromatic nitrogens is 3. The van der Waals surface area contributed by atoms with Crippen LogP contribution < -0.4 is 0 Å². The lowest BCUT2D eigenvalue weighted by Gasteiger charge is -2.38. The van der Waals surface area contributed by atoms with Crippen molar-refractivity contribution >= 4 is 0 Å². The van der Waals surface area contributed by atoms with E-state index in [4.69, 9.17) is 8.94 Å². The summed E-state index contributed by atoms with van der Waals surface area (Å²) in [5.41, 5.74) is 0.0769. The van der Waals surface area contributed by atoms with Gasteiger partial charge in [-0.3, -0.25) is 4.90 Å². The minimum atomic E-state index is -0.810. The average molecular weight is 304 g/mol. The fraction of sp³-hybridized carbons (Fsp3) is 0.667. The molecule has 0 bridgehead atoms. The van der Waals surface area contributed by atoms with E-state index in [9.17, 15) is 5.11 Å². The Hall–Kier alpha value is -1.73. The summed E-state index contributed by atoms with van der Waals surface area (Å²) in [5, 5.41) is 14.9. The highest BCUT2D eigenvalue weighted by atomic mass is 16.5. The molecule has 1 saturated carbocycles. The van der Waals surface area contributed by atoms with E-state index >= 15 is 0 Å². The lowest BCUT2D eigenvalue weighted by atomic mass is 9.89. The summed E-state index contributed by atoms with van der Waals surface area (Å²) in [6, 6.07) is 0. The molecule has 118 valence electrons. The second kappa shape index (κ2) is 5.48. The Balaban J connectivity index is 1.40. The lowest BCUT2D eigenvalue weighted by Crippen LogP contribution is -2.49. The van der Waals surface area contributed by atoms with Crippen LogP contribution in [0.15, 0.2) is 21.6 Å². The first-order valence-electron chi connectivity index (χ1n) is 7.84. The zero-order chi connectivity index (χ0) is 15.0. The molecule has 22 heavy (non-hydrogen) atoms. The molecule has 1 atom stereocenters. The first-order chi connectivity index (χ1) is 10.7. The van der Waals surface area contributed by atoms with Crippen molar-refractivity contribution in [1.82, 2.24) is 20.0 Å². The van der Waals surface area contributed by atoms with Crippen LogP contribution in [0, 0.1) is 0 Å². The molecule has 1 N–H and O–H groups in total. The van der Waals surface area contributed by atoms with E-state index in [1.54, 1.807) is 6.26 Å². The molecule has 7 heteroatoms. The quantitative estimate of drug-likeness (QED) is 0.895. The Morgan fingerprint density at radius 1 is 1.41 bits per heavy atom. The Labute approximate surface area is 128 Å². The SMILES string of the molecule is OC1(Cc2nc(C3CC3)no2)CCCN(Cc2cocn2)C1. The van der Waals surface area contributed by atoms with Gasteiger partial charge in [0, 0.05) is 19.0 Å². The van der Waals surface area contributed by atoms with E-state index in [1.807, 2.05) is 0 Å². The number of hydrogen-bond donors (Lipinski definition) is 1. The summed E-state index contributed by atoms with van der Waals surface area (Å²) in [4.78, 5) is 10.8. The number of aliphatic hydroxyl groups is 1. The Morgan fingerprint density at radius 3 is 3.09 bits per heavy atom. The number of nitrogens with zero attached hydrogens (tertiary/aromatic N) is 4. The third-order valence-corrected chi connectivity index (χ3v) is 4.41. The van der Waals surface area contributed by atoms with Crippen LogP contribution in [0.3, 0.4) is 0 Å². The third-order valence-electron chi connectivity index (χ3n) is 4.41. The number of β-amino-alcohol motifs (C(OH)–C–C–N with tert-alkyl or cyclic N) is 1. The van der Waals surface area contributed by atoms with Gasteiger partial charge in [0.15, 0.2) is 12.2 Å².